The third kappa shape index (κ3) is 6.74. The molecule has 27 heavy (non-hydrogen) atoms. The lowest BCUT2D eigenvalue weighted by molar-refractivity contribution is 0.117. The Bertz CT molecular complexity index is 348. The summed E-state index contributed by atoms with van der Waals surface area (Å²) < 4.78 is 0. The summed E-state index contributed by atoms with van der Waals surface area (Å²) in [4.78, 5) is 5.64. The van der Waals surface area contributed by atoms with Gasteiger partial charge in [0, 0.05) is 24.2 Å². The third-order valence-corrected chi connectivity index (χ3v) is 8.35. The zero-order chi connectivity index (χ0) is 18.9. The predicted octanol–water partition coefficient (Wildman–Crippen LogP) is 6.78. The van der Waals surface area contributed by atoms with Crippen molar-refractivity contribution in [1.82, 2.24) is 9.80 Å². The number of rotatable bonds is 4. The molecule has 0 aromatic heterocycles. The van der Waals surface area contributed by atoms with Crippen LogP contribution in [0, 0.1) is 0 Å². The Kier molecular flexibility index (Phi) is 9.46. The molecular weight excluding hydrogens is 328 g/mol. The normalized spacial score (nSPS) is 31.1. The number of nitrogens with zero attached hydrogens (tertiary/aromatic N) is 2. The van der Waals surface area contributed by atoms with E-state index in [-0.39, 0.29) is 0 Å². The lowest BCUT2D eigenvalue weighted by atomic mass is 9.91. The van der Waals surface area contributed by atoms with E-state index in [1.54, 1.807) is 0 Å². The van der Waals surface area contributed by atoms with Gasteiger partial charge in [-0.25, -0.2) is 0 Å². The molecule has 3 aliphatic rings. The van der Waals surface area contributed by atoms with Gasteiger partial charge in [-0.15, -0.1) is 0 Å². The third-order valence-electron chi connectivity index (χ3n) is 8.35. The van der Waals surface area contributed by atoms with Gasteiger partial charge in [0.25, 0.3) is 0 Å². The van der Waals surface area contributed by atoms with Crippen LogP contribution in [-0.4, -0.2) is 48.1 Å². The van der Waals surface area contributed by atoms with Crippen LogP contribution in [0.25, 0.3) is 0 Å². The fraction of sp³-hybridized carbons (Fsp3) is 1.00. The molecule has 158 valence electrons. The molecule has 3 aliphatic carbocycles. The van der Waals surface area contributed by atoms with Crippen molar-refractivity contribution < 1.29 is 0 Å². The first kappa shape index (κ1) is 21.6. The molecule has 0 spiro atoms. The highest BCUT2D eigenvalue weighted by atomic mass is 15.2. The average molecular weight is 377 g/mol. The van der Waals surface area contributed by atoms with E-state index in [0.29, 0.717) is 0 Å². The number of hydrogen-bond donors (Lipinski definition) is 0. The molecule has 0 amide bonds. The summed E-state index contributed by atoms with van der Waals surface area (Å²) in [5.41, 5.74) is 0. The molecule has 2 unspecified atom stereocenters. The van der Waals surface area contributed by atoms with Gasteiger partial charge in [-0.3, -0.25) is 0 Å². The Morgan fingerprint density at radius 3 is 0.741 bits per heavy atom. The SMILES string of the molecule is CN(C1CCCCC1)C1CCCCCC(N(C)C2CCCCC2)CCCC1. The lowest BCUT2D eigenvalue weighted by Crippen LogP contribution is -2.41. The van der Waals surface area contributed by atoms with Gasteiger partial charge in [-0.05, 0) is 65.5 Å². The quantitative estimate of drug-likeness (QED) is 0.533. The summed E-state index contributed by atoms with van der Waals surface area (Å²) in [6, 6.07) is 3.50. The maximum Gasteiger partial charge on any atom is 0.00951 e. The van der Waals surface area contributed by atoms with E-state index in [1.165, 1.54) is 122 Å². The fourth-order valence-electron chi connectivity index (χ4n) is 6.37. The minimum atomic E-state index is 0.862. The van der Waals surface area contributed by atoms with Gasteiger partial charge in [-0.1, -0.05) is 70.6 Å². The van der Waals surface area contributed by atoms with E-state index < -0.39 is 0 Å². The smallest absolute Gasteiger partial charge is 0.00951 e. The average Bonchev–Trinajstić information content (AvgIpc) is 2.79. The van der Waals surface area contributed by atoms with Gasteiger partial charge >= 0.3 is 0 Å². The summed E-state index contributed by atoms with van der Waals surface area (Å²) in [6.45, 7) is 0. The van der Waals surface area contributed by atoms with Crippen molar-refractivity contribution >= 4 is 0 Å². The minimum Gasteiger partial charge on any atom is -0.300 e. The number of hydrogen-bond acceptors (Lipinski definition) is 2. The molecular formula is C25H48N2. The van der Waals surface area contributed by atoms with E-state index in [9.17, 15) is 0 Å². The van der Waals surface area contributed by atoms with Crippen molar-refractivity contribution in [1.29, 1.82) is 0 Å². The van der Waals surface area contributed by atoms with E-state index in [2.05, 4.69) is 23.9 Å². The van der Waals surface area contributed by atoms with Crippen LogP contribution in [0.1, 0.15) is 122 Å². The molecule has 0 saturated heterocycles. The molecule has 0 N–H and O–H groups in total. The summed E-state index contributed by atoms with van der Waals surface area (Å²) in [7, 11) is 4.92. The van der Waals surface area contributed by atoms with Gasteiger partial charge in [0.1, 0.15) is 0 Å². The Balaban J connectivity index is 1.48. The maximum absolute atomic E-state index is 2.82. The first-order chi connectivity index (χ1) is 13.3. The van der Waals surface area contributed by atoms with E-state index in [1.807, 2.05) is 0 Å². The molecule has 0 heterocycles. The van der Waals surface area contributed by atoms with Crippen molar-refractivity contribution in [3.05, 3.63) is 0 Å². The van der Waals surface area contributed by atoms with E-state index in [4.69, 9.17) is 0 Å². The Morgan fingerprint density at radius 2 is 0.519 bits per heavy atom. The zero-order valence-corrected chi connectivity index (χ0v) is 18.6. The van der Waals surface area contributed by atoms with Crippen LogP contribution in [0.15, 0.2) is 0 Å². The Morgan fingerprint density at radius 1 is 0.333 bits per heavy atom. The molecule has 3 saturated carbocycles. The highest BCUT2D eigenvalue weighted by molar-refractivity contribution is 4.82. The van der Waals surface area contributed by atoms with Gasteiger partial charge < -0.3 is 9.80 Å². The van der Waals surface area contributed by atoms with Crippen LogP contribution < -0.4 is 0 Å². The van der Waals surface area contributed by atoms with Gasteiger partial charge in [0.15, 0.2) is 0 Å². The second-order valence-corrected chi connectivity index (χ2v) is 10.1. The van der Waals surface area contributed by atoms with Crippen LogP contribution in [0.3, 0.4) is 0 Å². The predicted molar refractivity (Wildman–Crippen MR) is 118 cm³/mol. The lowest BCUT2D eigenvalue weighted by Gasteiger charge is -2.38. The van der Waals surface area contributed by atoms with Crippen LogP contribution in [0.4, 0.5) is 0 Å². The standard InChI is InChI=1S/C25H48N2/c1-26(22-14-6-3-7-15-22)24-18-10-5-11-19-25(21-13-12-20-24)27(2)23-16-8-4-9-17-23/h22-25H,3-21H2,1-2H3. The minimum absolute atomic E-state index is 0.862. The van der Waals surface area contributed by atoms with Crippen molar-refractivity contribution in [3.63, 3.8) is 0 Å². The second kappa shape index (κ2) is 11.8. The Hall–Kier alpha value is -0.0800. The molecule has 0 radical (unpaired) electrons. The molecule has 3 fully saturated rings. The van der Waals surface area contributed by atoms with Crippen molar-refractivity contribution in [2.75, 3.05) is 14.1 Å². The van der Waals surface area contributed by atoms with E-state index >= 15 is 0 Å². The molecule has 2 atom stereocenters. The second-order valence-electron chi connectivity index (χ2n) is 10.1. The molecule has 3 rings (SSSR count). The summed E-state index contributed by atoms with van der Waals surface area (Å²) >= 11 is 0. The largest absolute Gasteiger partial charge is 0.300 e. The highest BCUT2D eigenvalue weighted by Crippen LogP contribution is 2.30. The fourth-order valence-corrected chi connectivity index (χ4v) is 6.37. The topological polar surface area (TPSA) is 6.48 Å². The molecule has 2 heteroatoms. The van der Waals surface area contributed by atoms with E-state index in [0.717, 1.165) is 24.2 Å². The van der Waals surface area contributed by atoms with Crippen LogP contribution in [0.2, 0.25) is 0 Å². The first-order valence-electron chi connectivity index (χ1n) is 12.7. The molecule has 0 aromatic carbocycles. The van der Waals surface area contributed by atoms with Crippen LogP contribution in [0.5, 0.6) is 0 Å². The maximum atomic E-state index is 2.82. The zero-order valence-electron chi connectivity index (χ0n) is 18.6. The van der Waals surface area contributed by atoms with Gasteiger partial charge in [0.05, 0.1) is 0 Å². The monoisotopic (exact) mass is 376 g/mol. The first-order valence-corrected chi connectivity index (χ1v) is 12.7. The van der Waals surface area contributed by atoms with Crippen molar-refractivity contribution in [2.24, 2.45) is 0 Å². The van der Waals surface area contributed by atoms with Crippen LogP contribution >= 0.6 is 0 Å². The molecule has 0 bridgehead atoms. The van der Waals surface area contributed by atoms with Gasteiger partial charge in [-0.2, -0.15) is 0 Å². The molecule has 2 nitrogen and oxygen atoms in total. The Labute approximate surface area is 170 Å². The van der Waals surface area contributed by atoms with Gasteiger partial charge in [0.2, 0.25) is 0 Å². The molecule has 0 aliphatic heterocycles. The molecule has 0 aromatic rings. The summed E-state index contributed by atoms with van der Waals surface area (Å²) in [5.74, 6) is 0. The summed E-state index contributed by atoms with van der Waals surface area (Å²) in [5, 5.41) is 0. The van der Waals surface area contributed by atoms with Crippen molar-refractivity contribution in [3.8, 4) is 0 Å². The van der Waals surface area contributed by atoms with Crippen molar-refractivity contribution in [2.45, 2.75) is 146 Å². The van der Waals surface area contributed by atoms with Crippen LogP contribution in [-0.2, 0) is 0 Å². The summed E-state index contributed by atoms with van der Waals surface area (Å²) in [6.07, 6.45) is 27.8. The highest BCUT2D eigenvalue weighted by Gasteiger charge is 2.26.